The molecule has 1 aromatic carbocycles. The van der Waals surface area contributed by atoms with Gasteiger partial charge in [0.25, 0.3) is 0 Å². The average Bonchev–Trinajstić information content (AvgIpc) is 2.30. The molecule has 3 nitrogen and oxygen atoms in total. The van der Waals surface area contributed by atoms with E-state index in [4.69, 9.17) is 0 Å². The minimum atomic E-state index is -3.01. The van der Waals surface area contributed by atoms with Gasteiger partial charge in [0.1, 0.15) is 0 Å². The lowest BCUT2D eigenvalue weighted by Gasteiger charge is -2.16. The molecule has 0 heterocycles. The topological polar surface area (TPSA) is 46.2 Å². The third-order valence-electron chi connectivity index (χ3n) is 3.07. The van der Waals surface area contributed by atoms with Crippen LogP contribution in [0.5, 0.6) is 0 Å². The van der Waals surface area contributed by atoms with Crippen molar-refractivity contribution in [3.05, 3.63) is 28.7 Å². The van der Waals surface area contributed by atoms with Crippen LogP contribution in [0.4, 0.5) is 5.69 Å². The summed E-state index contributed by atoms with van der Waals surface area (Å²) in [6.45, 7) is 6.09. The Hall–Kier alpha value is -0.550. The second-order valence-electron chi connectivity index (χ2n) is 4.75. The normalized spacial score (nSPS) is 13.6. The van der Waals surface area contributed by atoms with Gasteiger partial charge >= 0.3 is 0 Å². The lowest BCUT2D eigenvalue weighted by Crippen LogP contribution is -2.28. The first kappa shape index (κ1) is 15.5. The molecule has 0 saturated carbocycles. The van der Waals surface area contributed by atoms with Crippen LogP contribution in [0.3, 0.4) is 0 Å². The number of rotatable bonds is 6. The van der Waals surface area contributed by atoms with Crippen LogP contribution in [-0.2, 0) is 9.84 Å². The molecule has 0 bridgehead atoms. The number of nitrogens with one attached hydrogen (secondary N) is 1. The van der Waals surface area contributed by atoms with Crippen molar-refractivity contribution in [3.63, 3.8) is 0 Å². The van der Waals surface area contributed by atoms with Crippen LogP contribution in [0.15, 0.2) is 28.7 Å². The lowest BCUT2D eigenvalue weighted by molar-refractivity contribution is 0.546. The maximum atomic E-state index is 12.0. The fraction of sp³-hybridized carbons (Fsp3) is 0.538. The van der Waals surface area contributed by atoms with E-state index in [1.165, 1.54) is 0 Å². The van der Waals surface area contributed by atoms with Gasteiger partial charge in [-0.1, -0.05) is 29.8 Å². The van der Waals surface area contributed by atoms with E-state index in [1.807, 2.05) is 38.1 Å². The van der Waals surface area contributed by atoms with Crippen LogP contribution in [-0.4, -0.2) is 26.0 Å². The van der Waals surface area contributed by atoms with Crippen molar-refractivity contribution in [2.75, 3.05) is 17.6 Å². The Balaban J connectivity index is 2.49. The summed E-state index contributed by atoms with van der Waals surface area (Å²) in [5.41, 5.74) is 0.936. The maximum Gasteiger partial charge on any atom is 0.154 e. The van der Waals surface area contributed by atoms with Gasteiger partial charge < -0.3 is 5.32 Å². The molecule has 1 N–H and O–H groups in total. The van der Waals surface area contributed by atoms with Gasteiger partial charge in [0.05, 0.1) is 11.0 Å². The summed E-state index contributed by atoms with van der Waals surface area (Å²) in [6, 6.07) is 7.69. The van der Waals surface area contributed by atoms with Gasteiger partial charge in [0.2, 0.25) is 0 Å². The maximum absolute atomic E-state index is 12.0. The molecule has 0 spiro atoms. The van der Waals surface area contributed by atoms with Crippen molar-refractivity contribution in [2.24, 2.45) is 5.92 Å². The Morgan fingerprint density at radius 2 is 1.72 bits per heavy atom. The lowest BCUT2D eigenvalue weighted by atomic mass is 10.2. The highest BCUT2D eigenvalue weighted by atomic mass is 79.9. The molecule has 1 aromatic rings. The van der Waals surface area contributed by atoms with E-state index in [-0.39, 0.29) is 16.9 Å². The molecule has 5 heteroatoms. The van der Waals surface area contributed by atoms with E-state index in [0.717, 1.165) is 10.2 Å². The molecule has 0 radical (unpaired) electrons. The number of sulfone groups is 1. The van der Waals surface area contributed by atoms with Crippen LogP contribution in [0, 0.1) is 5.92 Å². The predicted molar refractivity (Wildman–Crippen MR) is 80.7 cm³/mol. The first-order valence-corrected chi connectivity index (χ1v) is 8.55. The smallest absolute Gasteiger partial charge is 0.154 e. The van der Waals surface area contributed by atoms with Crippen molar-refractivity contribution in [1.82, 2.24) is 0 Å². The van der Waals surface area contributed by atoms with E-state index < -0.39 is 9.84 Å². The number of anilines is 1. The molecule has 18 heavy (non-hydrogen) atoms. The first-order valence-electron chi connectivity index (χ1n) is 6.04. The summed E-state index contributed by atoms with van der Waals surface area (Å²) in [6.07, 6.45) is 0. The zero-order chi connectivity index (χ0) is 13.8. The highest BCUT2D eigenvalue weighted by Crippen LogP contribution is 2.15. The van der Waals surface area contributed by atoms with Gasteiger partial charge in [-0.15, -0.1) is 0 Å². The molecule has 0 aliphatic carbocycles. The van der Waals surface area contributed by atoms with Crippen molar-refractivity contribution < 1.29 is 8.42 Å². The summed E-state index contributed by atoms with van der Waals surface area (Å²) < 4.78 is 24.9. The third-order valence-corrected chi connectivity index (χ3v) is 6.04. The zero-order valence-corrected chi connectivity index (χ0v) is 13.4. The predicted octanol–water partition coefficient (Wildman–Crippen LogP) is 3.32. The van der Waals surface area contributed by atoms with E-state index in [9.17, 15) is 8.42 Å². The van der Waals surface area contributed by atoms with Crippen molar-refractivity contribution in [2.45, 2.75) is 26.0 Å². The second kappa shape index (κ2) is 6.57. The van der Waals surface area contributed by atoms with Crippen molar-refractivity contribution in [3.8, 4) is 0 Å². The van der Waals surface area contributed by atoms with Gasteiger partial charge in [-0.3, -0.25) is 0 Å². The van der Waals surface area contributed by atoms with Crippen LogP contribution in [0.25, 0.3) is 0 Å². The van der Waals surface area contributed by atoms with Crippen LogP contribution < -0.4 is 5.32 Å². The first-order chi connectivity index (χ1) is 8.33. The van der Waals surface area contributed by atoms with Gasteiger partial charge in [0, 0.05) is 16.7 Å². The monoisotopic (exact) mass is 333 g/mol. The summed E-state index contributed by atoms with van der Waals surface area (Å²) in [5, 5.41) is 2.83. The third kappa shape index (κ3) is 4.61. The van der Waals surface area contributed by atoms with E-state index >= 15 is 0 Å². The average molecular weight is 334 g/mol. The highest BCUT2D eigenvalue weighted by molar-refractivity contribution is 9.10. The molecular formula is C13H20BrNO2S. The number of benzene rings is 1. The van der Waals surface area contributed by atoms with Crippen molar-refractivity contribution in [1.29, 1.82) is 0 Å². The van der Waals surface area contributed by atoms with E-state index in [2.05, 4.69) is 21.2 Å². The summed E-state index contributed by atoms with van der Waals surface area (Å²) in [5.74, 6) is 0.324. The molecular weight excluding hydrogens is 314 g/mol. The molecule has 1 unspecified atom stereocenters. The Labute approximate surface area is 118 Å². The standard InChI is InChI=1S/C13H20BrNO2S/c1-10(2)11(3)18(16,17)9-8-15-13-6-4-12(14)5-7-13/h4-7,10-11,15H,8-9H2,1-3H3. The molecule has 1 rings (SSSR count). The number of hydrogen-bond donors (Lipinski definition) is 1. The van der Waals surface area contributed by atoms with Gasteiger partial charge in [-0.25, -0.2) is 8.42 Å². The summed E-state index contributed by atoms with van der Waals surface area (Å²) in [4.78, 5) is 0. The molecule has 1 atom stereocenters. The van der Waals surface area contributed by atoms with Crippen LogP contribution in [0.2, 0.25) is 0 Å². The number of hydrogen-bond acceptors (Lipinski definition) is 3. The van der Waals surface area contributed by atoms with Crippen LogP contribution >= 0.6 is 15.9 Å². The molecule has 0 amide bonds. The Morgan fingerprint density at radius 3 is 2.22 bits per heavy atom. The minimum absolute atomic E-state index is 0.155. The zero-order valence-electron chi connectivity index (χ0n) is 11.0. The van der Waals surface area contributed by atoms with E-state index in [0.29, 0.717) is 6.54 Å². The molecule has 102 valence electrons. The largest absolute Gasteiger partial charge is 0.384 e. The summed E-state index contributed by atoms with van der Waals surface area (Å²) in [7, 11) is -3.01. The summed E-state index contributed by atoms with van der Waals surface area (Å²) >= 11 is 3.36. The van der Waals surface area contributed by atoms with Gasteiger partial charge in [-0.2, -0.15) is 0 Å². The Morgan fingerprint density at radius 1 is 1.17 bits per heavy atom. The molecule has 0 fully saturated rings. The van der Waals surface area contributed by atoms with E-state index in [1.54, 1.807) is 6.92 Å². The minimum Gasteiger partial charge on any atom is -0.384 e. The molecule has 0 saturated heterocycles. The number of halogens is 1. The van der Waals surface area contributed by atoms with Gasteiger partial charge in [-0.05, 0) is 37.1 Å². The fourth-order valence-electron chi connectivity index (χ4n) is 1.51. The van der Waals surface area contributed by atoms with Gasteiger partial charge in [0.15, 0.2) is 9.84 Å². The highest BCUT2D eigenvalue weighted by Gasteiger charge is 2.23. The Bertz CT molecular complexity index is 468. The molecule has 0 aliphatic rings. The SMILES string of the molecule is CC(C)C(C)S(=O)(=O)CCNc1ccc(Br)cc1. The fourth-order valence-corrected chi connectivity index (χ4v) is 3.36. The van der Waals surface area contributed by atoms with Crippen molar-refractivity contribution >= 4 is 31.5 Å². The molecule has 0 aromatic heterocycles. The Kier molecular flexibility index (Phi) is 5.66. The second-order valence-corrected chi connectivity index (χ2v) is 8.14. The van der Waals surface area contributed by atoms with Crippen LogP contribution in [0.1, 0.15) is 20.8 Å². The molecule has 0 aliphatic heterocycles. The quantitative estimate of drug-likeness (QED) is 0.868.